The average Bonchev–Trinajstić information content (AvgIpc) is 3.59. The summed E-state index contributed by atoms with van der Waals surface area (Å²) in [6.45, 7) is 2.61. The van der Waals surface area contributed by atoms with Gasteiger partial charge in [-0.2, -0.15) is 17.2 Å². The number of unbranched alkanes of at least 4 members (excludes halogenated alkanes) is 1. The van der Waals surface area contributed by atoms with Crippen LogP contribution in [-0.4, -0.2) is 78.2 Å². The van der Waals surface area contributed by atoms with Gasteiger partial charge in [-0.15, -0.1) is 0 Å². The molecule has 1 N–H and O–H groups in total. The summed E-state index contributed by atoms with van der Waals surface area (Å²) < 4.78 is 84.2. The maximum absolute atomic E-state index is 13.6. The van der Waals surface area contributed by atoms with E-state index in [1.54, 1.807) is 0 Å². The zero-order chi connectivity index (χ0) is 28.8. The van der Waals surface area contributed by atoms with E-state index in [0.717, 1.165) is 38.5 Å². The zero-order valence-electron chi connectivity index (χ0n) is 21.5. The first kappa shape index (κ1) is 29.6. The molecule has 0 spiro atoms. The lowest BCUT2D eigenvalue weighted by molar-refractivity contribution is -0.174. The van der Waals surface area contributed by atoms with Crippen LogP contribution in [0.25, 0.3) is 0 Å². The third-order valence-corrected chi connectivity index (χ3v) is 8.94. The van der Waals surface area contributed by atoms with Crippen molar-refractivity contribution in [1.29, 1.82) is 0 Å². The van der Waals surface area contributed by atoms with Crippen molar-refractivity contribution in [1.82, 2.24) is 0 Å². The Bertz CT molecular complexity index is 1100. The SMILES string of the molecule is CCCCC1(OC(=O)C2C3OC4C(OC(=O)C42)C3OC(=O)CCC(=O)OC(C)C(F)(F)S(=O)(=O)O)CCCC1. The number of hydrogen-bond donors (Lipinski definition) is 1. The van der Waals surface area contributed by atoms with E-state index in [4.69, 9.17) is 23.5 Å². The van der Waals surface area contributed by atoms with E-state index in [1.807, 2.05) is 6.92 Å². The molecule has 0 aromatic rings. The Hall–Kier alpha value is -2.39. The molecular weight excluding hydrogens is 550 g/mol. The smallest absolute Gasteiger partial charge is 0.405 e. The number of halogens is 2. The Balaban J connectivity index is 1.36. The highest BCUT2D eigenvalue weighted by atomic mass is 32.2. The van der Waals surface area contributed by atoms with Gasteiger partial charge in [0.25, 0.3) is 0 Å². The molecule has 2 bridgehead atoms. The predicted molar refractivity (Wildman–Crippen MR) is 124 cm³/mol. The molecule has 4 aliphatic rings. The summed E-state index contributed by atoms with van der Waals surface area (Å²) in [6, 6.07) is 0. The van der Waals surface area contributed by atoms with Gasteiger partial charge in [-0.05, 0) is 45.4 Å². The highest BCUT2D eigenvalue weighted by Crippen LogP contribution is 2.52. The van der Waals surface area contributed by atoms with E-state index in [2.05, 4.69) is 4.74 Å². The zero-order valence-corrected chi connectivity index (χ0v) is 22.3. The quantitative estimate of drug-likeness (QED) is 0.202. The molecule has 12 nitrogen and oxygen atoms in total. The first-order valence-electron chi connectivity index (χ1n) is 13.0. The van der Waals surface area contributed by atoms with Crippen molar-refractivity contribution in [3.63, 3.8) is 0 Å². The molecule has 220 valence electrons. The Morgan fingerprint density at radius 1 is 1.13 bits per heavy atom. The van der Waals surface area contributed by atoms with Gasteiger partial charge in [-0.25, -0.2) is 0 Å². The predicted octanol–water partition coefficient (Wildman–Crippen LogP) is 2.08. The van der Waals surface area contributed by atoms with E-state index in [-0.39, 0.29) is 0 Å². The van der Waals surface area contributed by atoms with E-state index in [9.17, 15) is 36.4 Å². The summed E-state index contributed by atoms with van der Waals surface area (Å²) in [7, 11) is -5.83. The molecular formula is C24H32F2O12S. The van der Waals surface area contributed by atoms with Gasteiger partial charge in [0.05, 0.1) is 12.8 Å². The van der Waals surface area contributed by atoms with Gasteiger partial charge < -0.3 is 23.7 Å². The molecule has 7 unspecified atom stereocenters. The topological polar surface area (TPSA) is 169 Å². The Kier molecular flexibility index (Phi) is 8.26. The summed E-state index contributed by atoms with van der Waals surface area (Å²) in [5.41, 5.74) is -0.604. The molecule has 0 radical (unpaired) electrons. The fraction of sp³-hybridized carbons (Fsp3) is 0.833. The standard InChI is InChI=1S/C24H32F2O12S/c1-3-4-9-23(10-5-6-11-23)38-22(30)16-15-17-20(37-21(15)29)19(18(16)36-17)35-14(28)8-7-13(27)34-12(2)24(25,26)39(31,32)33/h12,15-20H,3-11H2,1-2H3,(H,31,32,33). The van der Waals surface area contributed by atoms with Crippen LogP contribution in [0.1, 0.15) is 71.6 Å². The monoisotopic (exact) mass is 582 g/mol. The summed E-state index contributed by atoms with van der Waals surface area (Å²) >= 11 is 0. The van der Waals surface area contributed by atoms with Crippen molar-refractivity contribution in [2.24, 2.45) is 11.8 Å². The van der Waals surface area contributed by atoms with Crippen molar-refractivity contribution < 1.29 is 64.6 Å². The molecule has 0 amide bonds. The van der Waals surface area contributed by atoms with Crippen molar-refractivity contribution in [2.75, 3.05) is 0 Å². The van der Waals surface area contributed by atoms with E-state index in [0.29, 0.717) is 13.3 Å². The van der Waals surface area contributed by atoms with Crippen LogP contribution < -0.4 is 0 Å². The molecule has 1 aliphatic carbocycles. The molecule has 3 aliphatic heterocycles. The average molecular weight is 583 g/mol. The van der Waals surface area contributed by atoms with E-state index < -0.39 is 100 Å². The lowest BCUT2D eigenvalue weighted by Crippen LogP contribution is -2.49. The summed E-state index contributed by atoms with van der Waals surface area (Å²) in [5.74, 6) is -5.50. The number of ether oxygens (including phenoxy) is 5. The van der Waals surface area contributed by atoms with Crippen LogP contribution in [0.4, 0.5) is 8.78 Å². The first-order valence-corrected chi connectivity index (χ1v) is 14.5. The minimum atomic E-state index is -5.83. The molecule has 15 heteroatoms. The molecule has 39 heavy (non-hydrogen) atoms. The number of hydrogen-bond acceptors (Lipinski definition) is 11. The number of rotatable bonds is 12. The second-order valence-corrected chi connectivity index (χ2v) is 12.1. The normalized spacial score (nSPS) is 31.6. The Labute approximate surface area is 223 Å². The van der Waals surface area contributed by atoms with Crippen molar-refractivity contribution in [3.8, 4) is 0 Å². The van der Waals surface area contributed by atoms with Crippen molar-refractivity contribution in [2.45, 2.75) is 113 Å². The summed E-state index contributed by atoms with van der Waals surface area (Å²) in [6.07, 6.45) is -1.99. The van der Waals surface area contributed by atoms with Gasteiger partial charge in [-0.3, -0.25) is 23.7 Å². The van der Waals surface area contributed by atoms with E-state index >= 15 is 0 Å². The van der Waals surface area contributed by atoms with Crippen molar-refractivity contribution >= 4 is 34.0 Å². The number of alkyl halides is 2. The number of fused-ring (bicyclic) bond motifs is 1. The number of carbonyl (C=O) groups excluding carboxylic acids is 4. The van der Waals surface area contributed by atoms with Gasteiger partial charge in [0.15, 0.2) is 18.3 Å². The van der Waals surface area contributed by atoms with Gasteiger partial charge >= 0.3 is 39.2 Å². The van der Waals surface area contributed by atoms with Crippen LogP contribution in [0.3, 0.4) is 0 Å². The highest BCUT2D eigenvalue weighted by Gasteiger charge is 2.72. The molecule has 0 aromatic heterocycles. The molecule has 4 fully saturated rings. The van der Waals surface area contributed by atoms with Crippen LogP contribution in [0.2, 0.25) is 0 Å². The summed E-state index contributed by atoms with van der Waals surface area (Å²) in [5, 5.41) is -4.75. The third-order valence-electron chi connectivity index (χ3n) is 7.92. The van der Waals surface area contributed by atoms with Gasteiger partial charge in [0.1, 0.15) is 29.6 Å². The van der Waals surface area contributed by atoms with Crippen LogP contribution in [-0.2, 0) is 53.0 Å². The largest absolute Gasteiger partial charge is 0.459 e. The van der Waals surface area contributed by atoms with Gasteiger partial charge in [0.2, 0.25) is 0 Å². The molecule has 0 aromatic carbocycles. The van der Waals surface area contributed by atoms with Crippen LogP contribution in [0.15, 0.2) is 0 Å². The van der Waals surface area contributed by atoms with Crippen LogP contribution in [0, 0.1) is 11.8 Å². The molecule has 4 rings (SSSR count). The lowest BCUT2D eigenvalue weighted by Gasteiger charge is -2.33. The molecule has 3 heterocycles. The Morgan fingerprint density at radius 2 is 1.77 bits per heavy atom. The fourth-order valence-electron chi connectivity index (χ4n) is 5.89. The van der Waals surface area contributed by atoms with Crippen molar-refractivity contribution in [3.05, 3.63) is 0 Å². The fourth-order valence-corrected chi connectivity index (χ4v) is 6.36. The minimum Gasteiger partial charge on any atom is -0.459 e. The number of esters is 4. The van der Waals surface area contributed by atoms with E-state index in [1.165, 1.54) is 0 Å². The molecule has 7 atom stereocenters. The number of carbonyl (C=O) groups is 4. The Morgan fingerprint density at radius 3 is 2.38 bits per heavy atom. The maximum Gasteiger partial charge on any atom is 0.405 e. The van der Waals surface area contributed by atoms with Gasteiger partial charge in [-0.1, -0.05) is 13.3 Å². The minimum absolute atomic E-state index is 0.568. The third kappa shape index (κ3) is 5.62. The maximum atomic E-state index is 13.6. The summed E-state index contributed by atoms with van der Waals surface area (Å²) in [4.78, 5) is 50.3. The molecule has 1 saturated carbocycles. The highest BCUT2D eigenvalue weighted by molar-refractivity contribution is 7.86. The van der Waals surface area contributed by atoms with Crippen LogP contribution >= 0.6 is 0 Å². The van der Waals surface area contributed by atoms with Crippen LogP contribution in [0.5, 0.6) is 0 Å². The lowest BCUT2D eigenvalue weighted by atomic mass is 9.78. The second kappa shape index (κ2) is 10.9. The molecule has 3 saturated heterocycles. The van der Waals surface area contributed by atoms with Gasteiger partial charge in [0, 0.05) is 0 Å². The first-order chi connectivity index (χ1) is 18.2. The second-order valence-electron chi connectivity index (χ2n) is 10.6.